The van der Waals surface area contributed by atoms with Crippen molar-refractivity contribution in [3.05, 3.63) is 30.9 Å². The van der Waals surface area contributed by atoms with Crippen LogP contribution >= 0.6 is 7.52 Å². The van der Waals surface area contributed by atoms with E-state index in [1.807, 2.05) is 0 Å². The first-order valence-corrected chi connectivity index (χ1v) is 13.1. The van der Waals surface area contributed by atoms with E-state index in [4.69, 9.17) is 29.2 Å². The Labute approximate surface area is 207 Å². The monoisotopic (exact) mass is 520 g/mol. The third kappa shape index (κ3) is 6.04. The lowest BCUT2D eigenvalue weighted by molar-refractivity contribution is -0.149. The number of carbonyl (C=O) groups excluding carboxylic acids is 1. The van der Waals surface area contributed by atoms with E-state index in [2.05, 4.69) is 20.0 Å². The van der Waals surface area contributed by atoms with E-state index in [0.717, 1.165) is 0 Å². The molecule has 1 aromatic carbocycles. The minimum atomic E-state index is -3.76. The van der Waals surface area contributed by atoms with Crippen LogP contribution < -0.4 is 24.8 Å². The van der Waals surface area contributed by atoms with E-state index in [-0.39, 0.29) is 30.8 Å². The van der Waals surface area contributed by atoms with Crippen molar-refractivity contribution in [3.8, 4) is 17.2 Å². The van der Waals surface area contributed by atoms with E-state index < -0.39 is 25.6 Å². The number of nitrogen functional groups attached to an aromatic ring is 1. The largest absolute Gasteiger partial charge is 0.462 e. The van der Waals surface area contributed by atoms with E-state index in [0.29, 0.717) is 29.2 Å². The average Bonchev–Trinajstić information content (AvgIpc) is 3.45. The molecule has 14 heteroatoms. The summed E-state index contributed by atoms with van der Waals surface area (Å²) in [5, 5.41) is 2.77. The highest BCUT2D eigenvalue weighted by molar-refractivity contribution is 7.57. The lowest BCUT2D eigenvalue weighted by Crippen LogP contribution is -2.37. The van der Waals surface area contributed by atoms with Crippen LogP contribution in [-0.4, -0.2) is 56.9 Å². The van der Waals surface area contributed by atoms with Gasteiger partial charge in [-0.05, 0) is 39.8 Å². The second-order valence-electron chi connectivity index (χ2n) is 8.55. The summed E-state index contributed by atoms with van der Waals surface area (Å²) in [7, 11) is -3.76. The highest BCUT2D eigenvalue weighted by Crippen LogP contribution is 2.46. The molecule has 0 fully saturated rings. The number of fused-ring (bicyclic) bond motifs is 2. The van der Waals surface area contributed by atoms with Crippen molar-refractivity contribution < 1.29 is 32.8 Å². The molecule has 3 aromatic rings. The van der Waals surface area contributed by atoms with Crippen LogP contribution in [0.3, 0.4) is 0 Å². The Hall–Kier alpha value is -3.41. The van der Waals surface area contributed by atoms with Crippen molar-refractivity contribution >= 4 is 30.5 Å². The SMILES string of the molecule is CC(C)OC(=O)C(C)NP(=O)(COC(C)Cn1cnc2c(N)ncnc21)Oc1ccc2c(c1)OCO2. The van der Waals surface area contributed by atoms with Gasteiger partial charge in [-0.3, -0.25) is 9.36 Å². The molecule has 2 aromatic heterocycles. The molecule has 0 radical (unpaired) electrons. The molecule has 3 N–H and O–H groups in total. The van der Waals surface area contributed by atoms with Crippen LogP contribution in [0.5, 0.6) is 17.2 Å². The summed E-state index contributed by atoms with van der Waals surface area (Å²) in [5.74, 6) is 1.01. The van der Waals surface area contributed by atoms with Gasteiger partial charge in [-0.25, -0.2) is 20.0 Å². The van der Waals surface area contributed by atoms with Crippen molar-refractivity contribution in [2.24, 2.45) is 0 Å². The fourth-order valence-electron chi connectivity index (χ4n) is 3.46. The second-order valence-corrected chi connectivity index (χ2v) is 10.6. The van der Waals surface area contributed by atoms with Crippen LogP contribution in [0.25, 0.3) is 11.2 Å². The van der Waals surface area contributed by atoms with E-state index in [1.54, 1.807) is 56.8 Å². The number of aromatic nitrogens is 4. The zero-order valence-electron chi connectivity index (χ0n) is 20.4. The smallest absolute Gasteiger partial charge is 0.342 e. The molecule has 3 unspecified atom stereocenters. The Kier molecular flexibility index (Phi) is 7.62. The summed E-state index contributed by atoms with van der Waals surface area (Å²) < 4.78 is 43.3. The number of benzene rings is 1. The molecule has 0 amide bonds. The Morgan fingerprint density at radius 3 is 2.75 bits per heavy atom. The second kappa shape index (κ2) is 10.7. The predicted octanol–water partition coefficient (Wildman–Crippen LogP) is 2.70. The molecule has 13 nitrogen and oxygen atoms in total. The third-order valence-corrected chi connectivity index (χ3v) is 6.88. The highest BCUT2D eigenvalue weighted by Gasteiger charge is 2.32. The van der Waals surface area contributed by atoms with Gasteiger partial charge in [0, 0.05) is 6.07 Å². The maximum atomic E-state index is 13.9. The number of hydrogen-bond acceptors (Lipinski definition) is 11. The van der Waals surface area contributed by atoms with Crippen molar-refractivity contribution in [1.29, 1.82) is 0 Å². The van der Waals surface area contributed by atoms with Crippen LogP contribution in [0.4, 0.5) is 5.82 Å². The fraction of sp³-hybridized carbons (Fsp3) is 0.455. The quantitative estimate of drug-likeness (QED) is 0.281. The lowest BCUT2D eigenvalue weighted by atomic mass is 10.3. The summed E-state index contributed by atoms with van der Waals surface area (Å²) in [4.78, 5) is 24.8. The number of rotatable bonds is 11. The first-order chi connectivity index (χ1) is 17.1. The fourth-order valence-corrected chi connectivity index (χ4v) is 5.24. The van der Waals surface area contributed by atoms with Crippen LogP contribution in [0, 0.1) is 0 Å². The lowest BCUT2D eigenvalue weighted by Gasteiger charge is -2.25. The predicted molar refractivity (Wildman–Crippen MR) is 130 cm³/mol. The number of imidazole rings is 1. The van der Waals surface area contributed by atoms with Crippen LogP contribution in [-0.2, 0) is 25.4 Å². The van der Waals surface area contributed by atoms with Gasteiger partial charge in [0.25, 0.3) is 0 Å². The topological polar surface area (TPSA) is 162 Å². The number of nitrogens with one attached hydrogen (secondary N) is 1. The normalized spacial score (nSPS) is 16.0. The molecule has 1 aliphatic heterocycles. The number of nitrogens with two attached hydrogens (primary N) is 1. The van der Waals surface area contributed by atoms with Crippen molar-refractivity contribution in [2.45, 2.75) is 52.5 Å². The zero-order valence-corrected chi connectivity index (χ0v) is 21.3. The third-order valence-electron chi connectivity index (χ3n) is 5.11. The van der Waals surface area contributed by atoms with Crippen LogP contribution in [0.15, 0.2) is 30.9 Å². The van der Waals surface area contributed by atoms with Crippen molar-refractivity contribution in [3.63, 3.8) is 0 Å². The maximum Gasteiger partial charge on any atom is 0.342 e. The summed E-state index contributed by atoms with van der Waals surface area (Å²) in [5.41, 5.74) is 6.89. The van der Waals surface area contributed by atoms with Gasteiger partial charge in [-0.1, -0.05) is 0 Å². The molecule has 0 bridgehead atoms. The molecule has 0 saturated carbocycles. The number of carbonyl (C=O) groups is 1. The zero-order chi connectivity index (χ0) is 25.9. The van der Waals surface area contributed by atoms with Gasteiger partial charge in [0.15, 0.2) is 23.0 Å². The van der Waals surface area contributed by atoms with E-state index in [1.165, 1.54) is 6.33 Å². The molecule has 0 saturated heterocycles. The minimum Gasteiger partial charge on any atom is -0.462 e. The molecule has 0 aliphatic carbocycles. The molecule has 4 rings (SSSR count). The molecule has 3 atom stereocenters. The summed E-state index contributed by atoms with van der Waals surface area (Å²) in [6, 6.07) is 3.91. The summed E-state index contributed by atoms with van der Waals surface area (Å²) in [6.07, 6.45) is 1.87. The minimum absolute atomic E-state index is 0.0902. The Morgan fingerprint density at radius 1 is 1.19 bits per heavy atom. The number of nitrogens with zero attached hydrogens (tertiary/aromatic N) is 4. The van der Waals surface area contributed by atoms with Gasteiger partial charge in [0.2, 0.25) is 6.79 Å². The van der Waals surface area contributed by atoms with E-state index in [9.17, 15) is 9.36 Å². The van der Waals surface area contributed by atoms with Gasteiger partial charge in [0.1, 0.15) is 30.0 Å². The van der Waals surface area contributed by atoms with Gasteiger partial charge in [-0.2, -0.15) is 0 Å². The first kappa shape index (κ1) is 25.7. The standard InChI is InChI=1S/C22H29N6O7P/c1-13(2)34-22(29)15(4)27-36(30,35-16-5-6-17-18(7-16)32-11-31-17)12-33-14(3)8-28-10-26-19-20(23)24-9-25-21(19)28/h5-7,9-10,13-15H,8,11-12H2,1-4H3,(H,27,30)(H2,23,24,25). The van der Waals surface area contributed by atoms with Gasteiger partial charge < -0.3 is 33.8 Å². The summed E-state index contributed by atoms with van der Waals surface area (Å²) in [6.45, 7) is 7.25. The number of esters is 1. The van der Waals surface area contributed by atoms with Crippen LogP contribution in [0.2, 0.25) is 0 Å². The van der Waals surface area contributed by atoms with Crippen molar-refractivity contribution in [1.82, 2.24) is 24.6 Å². The Bertz CT molecular complexity index is 1280. The number of ether oxygens (including phenoxy) is 4. The molecule has 0 spiro atoms. The maximum absolute atomic E-state index is 13.9. The van der Waals surface area contributed by atoms with Crippen molar-refractivity contribution in [2.75, 3.05) is 18.9 Å². The molecule has 36 heavy (non-hydrogen) atoms. The molecule has 194 valence electrons. The average molecular weight is 520 g/mol. The van der Waals surface area contributed by atoms with E-state index >= 15 is 0 Å². The highest BCUT2D eigenvalue weighted by atomic mass is 31.2. The first-order valence-electron chi connectivity index (χ1n) is 11.3. The summed E-state index contributed by atoms with van der Waals surface area (Å²) >= 11 is 0. The molecular weight excluding hydrogens is 491 g/mol. The van der Waals surface area contributed by atoms with Gasteiger partial charge in [0.05, 0.1) is 25.1 Å². The van der Waals surface area contributed by atoms with Crippen LogP contribution in [0.1, 0.15) is 27.7 Å². The Morgan fingerprint density at radius 2 is 1.97 bits per heavy atom. The Balaban J connectivity index is 1.47. The number of hydrogen-bond donors (Lipinski definition) is 2. The van der Waals surface area contributed by atoms with Gasteiger partial charge >= 0.3 is 13.5 Å². The molecular formula is C22H29N6O7P. The van der Waals surface area contributed by atoms with Gasteiger partial charge in [-0.15, -0.1) is 0 Å². The number of anilines is 1. The molecule has 3 heterocycles. The molecule has 1 aliphatic rings.